The largest absolute Gasteiger partial charge is 0.432 e. The molecule has 4 rings (SSSR count). The Morgan fingerprint density at radius 3 is 2.58 bits per heavy atom. The fourth-order valence-corrected chi connectivity index (χ4v) is 2.98. The van der Waals surface area contributed by atoms with E-state index >= 15 is 0 Å². The van der Waals surface area contributed by atoms with Crippen LogP contribution in [0.1, 0.15) is 5.69 Å². The lowest BCUT2D eigenvalue weighted by Crippen LogP contribution is -2.07. The third kappa shape index (κ3) is 3.91. The van der Waals surface area contributed by atoms with Crippen LogP contribution in [-0.2, 0) is 0 Å². The number of nitrogens with one attached hydrogen (secondary N) is 1. The van der Waals surface area contributed by atoms with Crippen molar-refractivity contribution >= 4 is 22.8 Å². The first-order valence-corrected chi connectivity index (χ1v) is 8.72. The Morgan fingerprint density at radius 2 is 1.87 bits per heavy atom. The summed E-state index contributed by atoms with van der Waals surface area (Å²) in [7, 11) is 0. The number of hydrogen-bond donors (Lipinski definition) is 2. The van der Waals surface area contributed by atoms with Gasteiger partial charge in [0, 0.05) is 24.0 Å². The first kappa shape index (κ1) is 20.3. The summed E-state index contributed by atoms with van der Waals surface area (Å²) in [5.41, 5.74) is 6.74. The first-order valence-electron chi connectivity index (χ1n) is 8.72. The van der Waals surface area contributed by atoms with Crippen molar-refractivity contribution in [1.82, 2.24) is 19.6 Å². The highest BCUT2D eigenvalue weighted by molar-refractivity contribution is 5.80. The SMILES string of the molecule is Cc1nn2ccc(F)cc2c1-c1nc(N)c(F)c(Nc2ccc(OC(F)F)c(F)c2)n1. The molecule has 0 unspecified atom stereocenters. The zero-order valence-electron chi connectivity index (χ0n) is 15.7. The average molecular weight is 436 g/mol. The molecule has 31 heavy (non-hydrogen) atoms. The number of nitrogen functional groups attached to an aromatic ring is 1. The van der Waals surface area contributed by atoms with E-state index in [-0.39, 0.29) is 11.5 Å². The van der Waals surface area contributed by atoms with Gasteiger partial charge in [0.15, 0.2) is 29.0 Å². The molecule has 0 aliphatic rings. The van der Waals surface area contributed by atoms with E-state index in [1.54, 1.807) is 6.92 Å². The summed E-state index contributed by atoms with van der Waals surface area (Å²) in [4.78, 5) is 8.01. The van der Waals surface area contributed by atoms with Gasteiger partial charge in [-0.05, 0) is 25.1 Å². The number of halogens is 5. The van der Waals surface area contributed by atoms with E-state index in [9.17, 15) is 22.0 Å². The van der Waals surface area contributed by atoms with Crippen LogP contribution in [-0.4, -0.2) is 26.2 Å². The van der Waals surface area contributed by atoms with Gasteiger partial charge in [-0.1, -0.05) is 0 Å². The summed E-state index contributed by atoms with van der Waals surface area (Å²) in [6.07, 6.45) is 1.40. The molecule has 3 heterocycles. The molecular formula is C19H13F5N6O. The second kappa shape index (κ2) is 7.70. The summed E-state index contributed by atoms with van der Waals surface area (Å²) >= 11 is 0. The number of anilines is 3. The molecule has 0 saturated carbocycles. The second-order valence-corrected chi connectivity index (χ2v) is 6.38. The van der Waals surface area contributed by atoms with Gasteiger partial charge in [0.1, 0.15) is 5.82 Å². The minimum absolute atomic E-state index is 0.00954. The summed E-state index contributed by atoms with van der Waals surface area (Å²) in [6, 6.07) is 5.39. The molecule has 0 bridgehead atoms. The molecule has 0 amide bonds. The molecule has 0 spiro atoms. The Balaban J connectivity index is 1.76. The van der Waals surface area contributed by atoms with E-state index in [1.165, 1.54) is 28.9 Å². The topological polar surface area (TPSA) is 90.4 Å². The van der Waals surface area contributed by atoms with Crippen molar-refractivity contribution < 1.29 is 26.7 Å². The van der Waals surface area contributed by atoms with Crippen LogP contribution in [0.4, 0.5) is 39.3 Å². The molecular weight excluding hydrogens is 423 g/mol. The van der Waals surface area contributed by atoms with Gasteiger partial charge in [0.2, 0.25) is 5.82 Å². The van der Waals surface area contributed by atoms with Crippen LogP contribution in [0, 0.1) is 24.4 Å². The molecule has 0 aliphatic carbocycles. The molecule has 12 heteroatoms. The van der Waals surface area contributed by atoms with Crippen LogP contribution in [0.2, 0.25) is 0 Å². The second-order valence-electron chi connectivity index (χ2n) is 6.38. The van der Waals surface area contributed by atoms with Crippen LogP contribution in [0.3, 0.4) is 0 Å². The van der Waals surface area contributed by atoms with E-state index < -0.39 is 41.4 Å². The van der Waals surface area contributed by atoms with Crippen molar-refractivity contribution in [2.45, 2.75) is 13.5 Å². The Hall–Kier alpha value is -3.96. The van der Waals surface area contributed by atoms with Crippen LogP contribution in [0.25, 0.3) is 16.9 Å². The number of rotatable bonds is 5. The Morgan fingerprint density at radius 1 is 1.10 bits per heavy atom. The zero-order valence-corrected chi connectivity index (χ0v) is 15.7. The Kier molecular flexibility index (Phi) is 5.05. The lowest BCUT2D eigenvalue weighted by Gasteiger charge is -2.11. The number of nitrogens with two attached hydrogens (primary N) is 1. The van der Waals surface area contributed by atoms with Crippen molar-refractivity contribution in [2.24, 2.45) is 0 Å². The van der Waals surface area contributed by atoms with Gasteiger partial charge in [-0.25, -0.2) is 23.3 Å². The molecule has 0 atom stereocenters. The summed E-state index contributed by atoms with van der Waals surface area (Å²) < 4.78 is 72.2. The predicted molar refractivity (Wildman–Crippen MR) is 102 cm³/mol. The van der Waals surface area contributed by atoms with Gasteiger partial charge in [-0.3, -0.25) is 0 Å². The van der Waals surface area contributed by atoms with Crippen molar-refractivity contribution in [3.05, 3.63) is 59.7 Å². The lowest BCUT2D eigenvalue weighted by molar-refractivity contribution is -0.0521. The molecule has 0 saturated heterocycles. The number of aryl methyl sites for hydroxylation is 1. The molecule has 1 aromatic carbocycles. The fourth-order valence-electron chi connectivity index (χ4n) is 2.98. The highest BCUT2D eigenvalue weighted by atomic mass is 19.3. The van der Waals surface area contributed by atoms with Crippen molar-refractivity contribution in [2.75, 3.05) is 11.1 Å². The summed E-state index contributed by atoms with van der Waals surface area (Å²) in [5.74, 6) is -4.27. The van der Waals surface area contributed by atoms with Gasteiger partial charge < -0.3 is 15.8 Å². The molecule has 0 fully saturated rings. The van der Waals surface area contributed by atoms with Crippen molar-refractivity contribution in [1.29, 1.82) is 0 Å². The van der Waals surface area contributed by atoms with Crippen LogP contribution < -0.4 is 15.8 Å². The molecule has 0 aliphatic heterocycles. The van der Waals surface area contributed by atoms with Crippen molar-refractivity contribution in [3.8, 4) is 17.1 Å². The number of ether oxygens (including phenoxy) is 1. The molecule has 7 nitrogen and oxygen atoms in total. The number of benzene rings is 1. The number of hydrogen-bond acceptors (Lipinski definition) is 6. The fraction of sp³-hybridized carbons (Fsp3) is 0.105. The van der Waals surface area contributed by atoms with Gasteiger partial charge >= 0.3 is 6.61 Å². The molecule has 160 valence electrons. The summed E-state index contributed by atoms with van der Waals surface area (Å²) in [6.45, 7) is -1.57. The molecule has 0 radical (unpaired) electrons. The van der Waals surface area contributed by atoms with Crippen LogP contribution >= 0.6 is 0 Å². The molecule has 4 aromatic rings. The summed E-state index contributed by atoms with van der Waals surface area (Å²) in [5, 5.41) is 6.76. The number of aromatic nitrogens is 4. The maximum Gasteiger partial charge on any atom is 0.387 e. The predicted octanol–water partition coefficient (Wildman–Crippen LogP) is 4.44. The van der Waals surface area contributed by atoms with Crippen LogP contribution in [0.5, 0.6) is 5.75 Å². The van der Waals surface area contributed by atoms with Gasteiger partial charge in [0.05, 0.1) is 16.8 Å². The third-order valence-electron chi connectivity index (χ3n) is 4.28. The standard InChI is InChI=1S/C19H13F5N6O/c1-8-14(12-6-9(20)4-5-30(12)29-8)17-27-16(25)15(22)18(28-17)26-10-2-3-13(11(21)7-10)31-19(23)24/h2-7,19H,1H3,(H3,25,26,27,28). The first-order chi connectivity index (χ1) is 14.7. The highest BCUT2D eigenvalue weighted by Crippen LogP contribution is 2.31. The Bertz CT molecular complexity index is 1290. The van der Waals surface area contributed by atoms with Gasteiger partial charge in [-0.2, -0.15) is 18.3 Å². The number of fused-ring (bicyclic) bond motifs is 1. The van der Waals surface area contributed by atoms with Crippen molar-refractivity contribution in [3.63, 3.8) is 0 Å². The highest BCUT2D eigenvalue weighted by Gasteiger charge is 2.20. The lowest BCUT2D eigenvalue weighted by atomic mass is 10.2. The Labute approximate surface area is 171 Å². The minimum atomic E-state index is -3.20. The number of pyridine rings is 1. The maximum absolute atomic E-state index is 14.5. The molecule has 3 aromatic heterocycles. The quantitative estimate of drug-likeness (QED) is 0.450. The monoisotopic (exact) mass is 436 g/mol. The van der Waals surface area contributed by atoms with E-state index in [2.05, 4.69) is 25.1 Å². The number of alkyl halides is 2. The molecule has 3 N–H and O–H groups in total. The minimum Gasteiger partial charge on any atom is -0.432 e. The van der Waals surface area contributed by atoms with E-state index in [0.29, 0.717) is 16.8 Å². The van der Waals surface area contributed by atoms with Gasteiger partial charge in [-0.15, -0.1) is 0 Å². The third-order valence-corrected chi connectivity index (χ3v) is 4.28. The normalized spacial score (nSPS) is 11.3. The van der Waals surface area contributed by atoms with E-state index in [0.717, 1.165) is 12.1 Å². The van der Waals surface area contributed by atoms with Gasteiger partial charge in [0.25, 0.3) is 0 Å². The van der Waals surface area contributed by atoms with Crippen LogP contribution in [0.15, 0.2) is 36.5 Å². The van der Waals surface area contributed by atoms with E-state index in [1.807, 2.05) is 0 Å². The average Bonchev–Trinajstić information content (AvgIpc) is 3.02. The maximum atomic E-state index is 14.5. The smallest absolute Gasteiger partial charge is 0.387 e. The zero-order chi connectivity index (χ0) is 22.3. The number of nitrogens with zero attached hydrogens (tertiary/aromatic N) is 4. The van der Waals surface area contributed by atoms with E-state index in [4.69, 9.17) is 5.73 Å².